The first kappa shape index (κ1) is 24.4. The molecule has 1 unspecified atom stereocenters. The molecule has 0 saturated carbocycles. The Morgan fingerprint density at radius 3 is 1.88 bits per heavy atom. The van der Waals surface area contributed by atoms with Gasteiger partial charge in [0.25, 0.3) is 11.8 Å². The Hall–Kier alpha value is -3.82. The number of rotatable bonds is 8. The smallest absolute Gasteiger partial charge is 0.326 e. The quantitative estimate of drug-likeness (QED) is 0.573. The first-order valence-electron chi connectivity index (χ1n) is 10.1. The molecule has 2 aliphatic rings. The lowest BCUT2D eigenvalue weighted by atomic mass is 10.0. The van der Waals surface area contributed by atoms with Crippen molar-refractivity contribution in [3.8, 4) is 0 Å². The Labute approximate surface area is 184 Å². The third-order valence-corrected chi connectivity index (χ3v) is 4.86. The average molecular weight is 444 g/mol. The highest BCUT2D eigenvalue weighted by molar-refractivity contribution is 6.28. The van der Waals surface area contributed by atoms with Crippen LogP contribution in [0.1, 0.15) is 44.6 Å². The van der Waals surface area contributed by atoms with Crippen molar-refractivity contribution in [2.45, 2.75) is 51.5 Å². The molecule has 2 N–H and O–H groups in total. The van der Waals surface area contributed by atoms with E-state index in [4.69, 9.17) is 5.11 Å². The summed E-state index contributed by atoms with van der Waals surface area (Å²) in [5.74, 6) is -3.69. The van der Waals surface area contributed by atoms with Crippen molar-refractivity contribution >= 4 is 41.3 Å². The van der Waals surface area contributed by atoms with Gasteiger partial charge < -0.3 is 10.2 Å². The maximum atomic E-state index is 11.8. The number of carbonyl (C=O) groups excluding carboxylic acids is 4. The molecule has 1 aromatic rings. The van der Waals surface area contributed by atoms with Crippen molar-refractivity contribution in [1.29, 1.82) is 0 Å². The molecule has 1 aromatic carbocycles. The fourth-order valence-electron chi connectivity index (χ4n) is 3.29. The highest BCUT2D eigenvalue weighted by atomic mass is 16.4. The summed E-state index contributed by atoms with van der Waals surface area (Å²) < 4.78 is 0. The van der Waals surface area contributed by atoms with E-state index in [0.717, 1.165) is 21.8 Å². The Morgan fingerprint density at radius 1 is 0.938 bits per heavy atom. The number of amides is 4. The van der Waals surface area contributed by atoms with Crippen LogP contribution in [0.25, 0.3) is 0 Å². The summed E-state index contributed by atoms with van der Waals surface area (Å²) in [5.41, 5.74) is 1.19. The van der Waals surface area contributed by atoms with E-state index in [-0.39, 0.29) is 19.3 Å². The van der Waals surface area contributed by atoms with Crippen LogP contribution >= 0.6 is 0 Å². The summed E-state index contributed by atoms with van der Waals surface area (Å²) in [6.07, 6.45) is 3.92. The Kier molecular flexibility index (Phi) is 8.39. The first-order valence-corrected chi connectivity index (χ1v) is 10.1. The van der Waals surface area contributed by atoms with Gasteiger partial charge in [-0.1, -0.05) is 19.1 Å². The number of carbonyl (C=O) groups is 6. The van der Waals surface area contributed by atoms with Gasteiger partial charge in [0, 0.05) is 31.4 Å². The van der Waals surface area contributed by atoms with Crippen LogP contribution in [0.4, 0.5) is 5.69 Å². The lowest BCUT2D eigenvalue weighted by molar-refractivity contribution is -0.154. The number of aryl methyl sites for hydroxylation is 1. The first-order chi connectivity index (χ1) is 15.1. The molecule has 0 radical (unpaired) electrons. The monoisotopic (exact) mass is 444 g/mol. The predicted molar refractivity (Wildman–Crippen MR) is 111 cm³/mol. The molecule has 1 saturated heterocycles. The van der Waals surface area contributed by atoms with Crippen LogP contribution in [0.2, 0.25) is 0 Å². The largest absolute Gasteiger partial charge is 0.481 e. The molecule has 0 aliphatic carbocycles. The van der Waals surface area contributed by atoms with Crippen LogP contribution in [-0.2, 0) is 35.2 Å². The van der Waals surface area contributed by atoms with Gasteiger partial charge in [0.1, 0.15) is 6.04 Å². The maximum Gasteiger partial charge on any atom is 0.326 e. The second-order valence-electron chi connectivity index (χ2n) is 7.21. The van der Waals surface area contributed by atoms with Gasteiger partial charge in [0.15, 0.2) is 0 Å². The van der Waals surface area contributed by atoms with Crippen molar-refractivity contribution in [3.63, 3.8) is 0 Å². The highest BCUT2D eigenvalue weighted by Gasteiger charge is 2.38. The second kappa shape index (κ2) is 11.0. The van der Waals surface area contributed by atoms with Crippen LogP contribution in [0.5, 0.6) is 0 Å². The van der Waals surface area contributed by atoms with Gasteiger partial charge in [-0.3, -0.25) is 28.9 Å². The molecule has 170 valence electrons. The molecule has 10 nitrogen and oxygen atoms in total. The topological polar surface area (TPSA) is 149 Å². The fraction of sp³-hybridized carbons (Fsp3) is 0.364. The van der Waals surface area contributed by atoms with E-state index >= 15 is 0 Å². The minimum absolute atomic E-state index is 0.0449. The van der Waals surface area contributed by atoms with E-state index in [1.807, 2.05) is 6.92 Å². The van der Waals surface area contributed by atoms with Crippen LogP contribution in [0, 0.1) is 0 Å². The number of nitrogens with zero attached hydrogens (tertiary/aromatic N) is 2. The number of benzene rings is 1. The molecular formula is C22H24N2O8. The number of hydrogen-bond donors (Lipinski definition) is 2. The molecule has 0 spiro atoms. The fourth-order valence-corrected chi connectivity index (χ4v) is 3.29. The molecule has 1 fully saturated rings. The summed E-state index contributed by atoms with van der Waals surface area (Å²) >= 11 is 0. The van der Waals surface area contributed by atoms with Crippen molar-refractivity contribution in [2.75, 3.05) is 4.90 Å². The van der Waals surface area contributed by atoms with Crippen LogP contribution in [-0.4, -0.2) is 56.7 Å². The lowest BCUT2D eigenvalue weighted by Gasteiger charge is -2.22. The van der Waals surface area contributed by atoms with E-state index in [9.17, 15) is 33.9 Å². The molecule has 3 rings (SSSR count). The molecule has 32 heavy (non-hydrogen) atoms. The normalized spacial score (nSPS) is 16.3. The summed E-state index contributed by atoms with van der Waals surface area (Å²) in [7, 11) is 0. The van der Waals surface area contributed by atoms with Gasteiger partial charge >= 0.3 is 11.9 Å². The van der Waals surface area contributed by atoms with E-state index < -0.39 is 41.6 Å². The van der Waals surface area contributed by atoms with E-state index in [2.05, 4.69) is 0 Å². The van der Waals surface area contributed by atoms with Crippen LogP contribution in [0.15, 0.2) is 36.4 Å². The molecule has 1 atom stereocenters. The predicted octanol–water partition coefficient (Wildman–Crippen LogP) is 1.52. The SMILES string of the molecule is CCCC(=O)O.O=C(O)C(CCc1ccc(N2C(=O)C=CC2=O)cc1)N1C(=O)CCC1=O. The number of aliphatic carboxylic acids is 2. The Balaban J connectivity index is 0.000000534. The molecule has 10 heteroatoms. The van der Waals surface area contributed by atoms with Gasteiger partial charge in [-0.2, -0.15) is 0 Å². The zero-order valence-corrected chi connectivity index (χ0v) is 17.5. The third-order valence-electron chi connectivity index (χ3n) is 4.86. The van der Waals surface area contributed by atoms with Crippen molar-refractivity contribution in [3.05, 3.63) is 42.0 Å². The van der Waals surface area contributed by atoms with E-state index in [0.29, 0.717) is 18.5 Å². The number of likely N-dealkylation sites (tertiary alicyclic amines) is 1. The zero-order valence-electron chi connectivity index (χ0n) is 17.5. The number of carboxylic acid groups (broad SMARTS) is 2. The minimum Gasteiger partial charge on any atom is -0.481 e. The number of carboxylic acids is 2. The maximum absolute atomic E-state index is 11.8. The number of imide groups is 2. The molecular weight excluding hydrogens is 420 g/mol. The Morgan fingerprint density at radius 2 is 1.47 bits per heavy atom. The van der Waals surface area contributed by atoms with Gasteiger partial charge in [0.05, 0.1) is 5.69 Å². The summed E-state index contributed by atoms with van der Waals surface area (Å²) in [6, 6.07) is 5.37. The molecule has 2 aliphatic heterocycles. The van der Waals surface area contributed by atoms with E-state index in [1.54, 1.807) is 24.3 Å². The van der Waals surface area contributed by atoms with E-state index in [1.165, 1.54) is 12.2 Å². The molecule has 4 amide bonds. The second-order valence-corrected chi connectivity index (χ2v) is 7.21. The van der Waals surface area contributed by atoms with Gasteiger partial charge in [-0.25, -0.2) is 9.69 Å². The summed E-state index contributed by atoms with van der Waals surface area (Å²) in [4.78, 5) is 69.8. The standard InChI is InChI=1S/C18H16N2O6.C4H8O2/c21-14-7-8-15(22)19(14)12-4-1-11(2-5-12)3-6-13(18(25)26)20-16(23)9-10-17(20)24;1-2-3-4(5)6/h1-2,4-5,7-8,13H,3,6,9-10H2,(H,25,26);2-3H2,1H3,(H,5,6). The molecule has 0 bridgehead atoms. The lowest BCUT2D eigenvalue weighted by Crippen LogP contribution is -2.44. The average Bonchev–Trinajstić information content (AvgIpc) is 3.24. The van der Waals surface area contributed by atoms with Crippen molar-refractivity contribution in [2.24, 2.45) is 0 Å². The number of anilines is 1. The van der Waals surface area contributed by atoms with Gasteiger partial charge in [-0.05, 0) is 37.0 Å². The third kappa shape index (κ3) is 6.10. The number of hydrogen-bond acceptors (Lipinski definition) is 6. The summed E-state index contributed by atoms with van der Waals surface area (Å²) in [6.45, 7) is 1.84. The summed E-state index contributed by atoms with van der Waals surface area (Å²) in [5, 5.41) is 17.3. The van der Waals surface area contributed by atoms with Crippen LogP contribution in [0.3, 0.4) is 0 Å². The zero-order chi connectivity index (χ0) is 23.8. The van der Waals surface area contributed by atoms with Gasteiger partial charge in [-0.15, -0.1) is 0 Å². The Bertz CT molecular complexity index is 917. The molecule has 2 heterocycles. The van der Waals surface area contributed by atoms with Crippen molar-refractivity contribution in [1.82, 2.24) is 4.90 Å². The van der Waals surface area contributed by atoms with Gasteiger partial charge in [0.2, 0.25) is 11.8 Å². The highest BCUT2D eigenvalue weighted by Crippen LogP contribution is 2.22. The molecule has 0 aromatic heterocycles. The van der Waals surface area contributed by atoms with Crippen molar-refractivity contribution < 1.29 is 39.0 Å². The van der Waals surface area contributed by atoms with Crippen LogP contribution < -0.4 is 4.90 Å². The minimum atomic E-state index is -1.22.